The number of amides is 3. The molecule has 1 aromatic heterocycles. The van der Waals surface area contributed by atoms with Crippen LogP contribution in [-0.4, -0.2) is 35.9 Å². The Morgan fingerprint density at radius 1 is 0.974 bits per heavy atom. The van der Waals surface area contributed by atoms with Crippen molar-refractivity contribution in [3.8, 4) is 5.75 Å². The van der Waals surface area contributed by atoms with Crippen LogP contribution in [0, 0.1) is 25.7 Å². The van der Waals surface area contributed by atoms with Crippen LogP contribution in [-0.2, 0) is 26.3 Å². The van der Waals surface area contributed by atoms with Gasteiger partial charge in [0.2, 0.25) is 17.7 Å². The summed E-state index contributed by atoms with van der Waals surface area (Å²) < 4.78 is 5.27. The number of imide groups is 1. The molecule has 4 atom stereocenters. The van der Waals surface area contributed by atoms with Crippen molar-refractivity contribution < 1.29 is 19.1 Å². The van der Waals surface area contributed by atoms with Crippen molar-refractivity contribution in [2.75, 3.05) is 17.3 Å². The number of para-hydroxylation sites is 1. The second kappa shape index (κ2) is 8.28. The fraction of sp³-hybridized carbons (Fsp3) is 0.258. The molecule has 3 amide bonds. The number of methoxy groups -OCH3 is 1. The van der Waals surface area contributed by atoms with Crippen molar-refractivity contribution in [3.05, 3.63) is 89.1 Å². The first kappa shape index (κ1) is 23.7. The highest BCUT2D eigenvalue weighted by molar-refractivity contribution is 6.26. The molecule has 0 bridgehead atoms. The fourth-order valence-corrected chi connectivity index (χ4v) is 6.96. The Balaban J connectivity index is 1.38. The molecule has 3 aliphatic rings. The maximum atomic E-state index is 14.2. The topological polar surface area (TPSA) is 104 Å². The van der Waals surface area contributed by atoms with Gasteiger partial charge in [0.1, 0.15) is 11.3 Å². The molecule has 8 heteroatoms. The lowest BCUT2D eigenvalue weighted by atomic mass is 9.75. The highest BCUT2D eigenvalue weighted by atomic mass is 16.5. The van der Waals surface area contributed by atoms with Gasteiger partial charge in [-0.05, 0) is 61.7 Å². The maximum absolute atomic E-state index is 14.2. The number of anilines is 2. The summed E-state index contributed by atoms with van der Waals surface area (Å²) in [6.45, 7) is 3.93. The van der Waals surface area contributed by atoms with Crippen LogP contribution in [0.4, 0.5) is 11.4 Å². The predicted molar refractivity (Wildman–Crippen MR) is 148 cm³/mol. The number of rotatable bonds is 4. The number of hydrogen-bond acceptors (Lipinski definition) is 5. The molecule has 0 radical (unpaired) electrons. The first-order valence-electron chi connectivity index (χ1n) is 13.1. The number of hydrogen-bond donors (Lipinski definition) is 3. The van der Waals surface area contributed by atoms with Crippen molar-refractivity contribution in [2.24, 2.45) is 11.8 Å². The molecule has 196 valence electrons. The number of ether oxygens (including phenoxy) is 1. The summed E-state index contributed by atoms with van der Waals surface area (Å²) in [4.78, 5) is 46.9. The van der Waals surface area contributed by atoms with Crippen LogP contribution in [0.5, 0.6) is 5.75 Å². The first-order chi connectivity index (χ1) is 18.8. The number of aromatic amines is 1. The molecule has 3 aromatic carbocycles. The highest BCUT2D eigenvalue weighted by Crippen LogP contribution is 2.54. The molecule has 1 spiro atoms. The summed E-state index contributed by atoms with van der Waals surface area (Å²) in [6, 6.07) is 18.4. The van der Waals surface area contributed by atoms with E-state index in [1.165, 1.54) is 4.90 Å². The zero-order valence-electron chi connectivity index (χ0n) is 21.9. The predicted octanol–water partition coefficient (Wildman–Crippen LogP) is 3.96. The zero-order chi connectivity index (χ0) is 27.1. The summed E-state index contributed by atoms with van der Waals surface area (Å²) in [6.07, 6.45) is 2.43. The molecule has 2 fully saturated rings. The molecular weight excluding hydrogens is 492 g/mol. The van der Waals surface area contributed by atoms with Crippen molar-refractivity contribution in [3.63, 3.8) is 0 Å². The Morgan fingerprint density at radius 2 is 1.74 bits per heavy atom. The number of aromatic nitrogens is 1. The smallest absolute Gasteiger partial charge is 0.250 e. The van der Waals surface area contributed by atoms with Crippen LogP contribution in [0.25, 0.3) is 10.9 Å². The normalized spacial score (nSPS) is 25.5. The molecule has 3 aliphatic heterocycles. The van der Waals surface area contributed by atoms with E-state index in [4.69, 9.17) is 4.74 Å². The molecule has 2 saturated heterocycles. The van der Waals surface area contributed by atoms with E-state index in [9.17, 15) is 14.4 Å². The SMILES string of the molecule is COc1ccc(N2C(=O)[C@@H]3C(Cc4c[nH]c5ccccc45)NC4(C(=O)Nc5c(C)cc(C)cc54)[C@@H]3C2=O)cc1. The molecule has 7 rings (SSSR count). The number of nitrogens with one attached hydrogen (secondary N) is 3. The fourth-order valence-electron chi connectivity index (χ4n) is 6.96. The van der Waals surface area contributed by atoms with Crippen LogP contribution in [0.1, 0.15) is 22.3 Å². The third-order valence-electron chi connectivity index (χ3n) is 8.61. The average molecular weight is 521 g/mol. The number of fused-ring (bicyclic) bond motifs is 5. The molecule has 4 aromatic rings. The second-order valence-electron chi connectivity index (χ2n) is 10.8. The van der Waals surface area contributed by atoms with Gasteiger partial charge in [-0.1, -0.05) is 35.9 Å². The first-order valence-corrected chi connectivity index (χ1v) is 13.1. The summed E-state index contributed by atoms with van der Waals surface area (Å²) in [5.41, 5.74) is 4.53. The Labute approximate surface area is 225 Å². The molecule has 2 unspecified atom stereocenters. The standard InChI is InChI=1S/C31H28N4O4/c1-16-12-17(2)27-22(13-16)31(30(38)33-27)26-25(24(34-31)14-18-15-32-23-7-5-4-6-21(18)23)28(36)35(29(26)37)19-8-10-20(39-3)11-9-19/h4-13,15,24-26,32,34H,14H2,1-3H3,(H,33,38)/t24?,25-,26+,31?/m1/s1. The Kier molecular flexibility index (Phi) is 5.03. The van der Waals surface area contributed by atoms with Gasteiger partial charge in [0.15, 0.2) is 0 Å². The molecule has 0 aliphatic carbocycles. The van der Waals surface area contributed by atoms with Gasteiger partial charge in [-0.25, -0.2) is 4.90 Å². The van der Waals surface area contributed by atoms with Crippen molar-refractivity contribution >= 4 is 40.0 Å². The van der Waals surface area contributed by atoms with Gasteiger partial charge in [0.25, 0.3) is 0 Å². The lowest BCUT2D eigenvalue weighted by molar-refractivity contribution is -0.130. The molecule has 39 heavy (non-hydrogen) atoms. The van der Waals surface area contributed by atoms with Gasteiger partial charge in [0.05, 0.1) is 24.6 Å². The van der Waals surface area contributed by atoms with Crippen molar-refractivity contribution in [1.82, 2.24) is 10.3 Å². The molecule has 0 saturated carbocycles. The largest absolute Gasteiger partial charge is 0.497 e. The van der Waals surface area contributed by atoms with Gasteiger partial charge in [-0.3, -0.25) is 19.7 Å². The Bertz CT molecular complexity index is 1690. The summed E-state index contributed by atoms with van der Waals surface area (Å²) in [5.74, 6) is -1.93. The number of carbonyl (C=O) groups excluding carboxylic acids is 3. The molecule has 4 heterocycles. The third kappa shape index (κ3) is 3.18. The van der Waals surface area contributed by atoms with E-state index in [1.807, 2.05) is 56.4 Å². The quantitative estimate of drug-likeness (QED) is 0.354. The molecular formula is C31H28N4O4. The minimum Gasteiger partial charge on any atom is -0.497 e. The monoisotopic (exact) mass is 520 g/mol. The second-order valence-corrected chi connectivity index (χ2v) is 10.8. The van der Waals surface area contributed by atoms with Crippen LogP contribution in [0.2, 0.25) is 0 Å². The van der Waals surface area contributed by atoms with Crippen LogP contribution in [0.3, 0.4) is 0 Å². The number of nitrogens with zero attached hydrogens (tertiary/aromatic N) is 1. The van der Waals surface area contributed by atoms with Gasteiger partial charge < -0.3 is 15.0 Å². The summed E-state index contributed by atoms with van der Waals surface area (Å²) in [5, 5.41) is 7.67. The van der Waals surface area contributed by atoms with Gasteiger partial charge in [-0.2, -0.15) is 0 Å². The zero-order valence-corrected chi connectivity index (χ0v) is 21.9. The van der Waals surface area contributed by atoms with Crippen molar-refractivity contribution in [2.45, 2.75) is 31.8 Å². The minimum absolute atomic E-state index is 0.291. The van der Waals surface area contributed by atoms with E-state index in [0.29, 0.717) is 23.5 Å². The van der Waals surface area contributed by atoms with Crippen LogP contribution >= 0.6 is 0 Å². The minimum atomic E-state index is -1.35. The summed E-state index contributed by atoms with van der Waals surface area (Å²) in [7, 11) is 1.57. The Hall–Kier alpha value is -4.43. The summed E-state index contributed by atoms with van der Waals surface area (Å²) >= 11 is 0. The third-order valence-corrected chi connectivity index (χ3v) is 8.61. The lowest BCUT2D eigenvalue weighted by Gasteiger charge is -2.30. The Morgan fingerprint density at radius 3 is 2.51 bits per heavy atom. The number of benzene rings is 3. The van der Waals surface area contributed by atoms with E-state index < -0.39 is 23.4 Å². The maximum Gasteiger partial charge on any atom is 0.250 e. The van der Waals surface area contributed by atoms with E-state index in [2.05, 4.69) is 15.6 Å². The van der Waals surface area contributed by atoms with Gasteiger partial charge >= 0.3 is 0 Å². The number of carbonyl (C=O) groups is 3. The van der Waals surface area contributed by atoms with E-state index in [-0.39, 0.29) is 17.7 Å². The van der Waals surface area contributed by atoms with E-state index in [0.717, 1.165) is 33.2 Å². The van der Waals surface area contributed by atoms with E-state index in [1.54, 1.807) is 31.4 Å². The molecule has 3 N–H and O–H groups in total. The van der Waals surface area contributed by atoms with E-state index >= 15 is 0 Å². The lowest BCUT2D eigenvalue weighted by Crippen LogP contribution is -2.53. The number of H-pyrrole nitrogens is 1. The van der Waals surface area contributed by atoms with Gasteiger partial charge in [0, 0.05) is 34.4 Å². The van der Waals surface area contributed by atoms with Gasteiger partial charge in [-0.15, -0.1) is 0 Å². The van der Waals surface area contributed by atoms with Crippen LogP contribution in [0.15, 0.2) is 66.9 Å². The highest BCUT2D eigenvalue weighted by Gasteiger charge is 2.70. The number of aryl methyl sites for hydroxylation is 2. The van der Waals surface area contributed by atoms with Crippen molar-refractivity contribution in [1.29, 1.82) is 0 Å². The molecule has 8 nitrogen and oxygen atoms in total. The van der Waals surface area contributed by atoms with Crippen LogP contribution < -0.4 is 20.3 Å². The average Bonchev–Trinajstić information content (AvgIpc) is 3.64.